The highest BCUT2D eigenvalue weighted by Crippen LogP contribution is 2.34. The number of aryl methyl sites for hydroxylation is 1. The van der Waals surface area contributed by atoms with Gasteiger partial charge in [-0.1, -0.05) is 11.6 Å². The number of carbonyl (C=O) groups excluding carboxylic acids is 2. The predicted octanol–water partition coefficient (Wildman–Crippen LogP) is 2.71. The van der Waals surface area contributed by atoms with Gasteiger partial charge in [0.05, 0.1) is 42.3 Å². The van der Waals surface area contributed by atoms with E-state index < -0.39 is 16.1 Å². The molecule has 38 heavy (non-hydrogen) atoms. The Morgan fingerprint density at radius 2 is 1.97 bits per heavy atom. The summed E-state index contributed by atoms with van der Waals surface area (Å²) in [6.45, 7) is 3.43. The van der Waals surface area contributed by atoms with Gasteiger partial charge < -0.3 is 20.3 Å². The number of anilines is 2. The molecule has 1 atom stereocenters. The van der Waals surface area contributed by atoms with Gasteiger partial charge in [0, 0.05) is 29.4 Å². The van der Waals surface area contributed by atoms with Crippen molar-refractivity contribution < 1.29 is 22.7 Å². The lowest BCUT2D eigenvalue weighted by atomic mass is 9.98. The summed E-state index contributed by atoms with van der Waals surface area (Å²) in [5.74, 6) is 0.437. The van der Waals surface area contributed by atoms with Gasteiger partial charge in [-0.3, -0.25) is 9.52 Å². The number of hydrogen-bond acceptors (Lipinski definition) is 8. The van der Waals surface area contributed by atoms with Crippen LogP contribution in [0.2, 0.25) is 5.02 Å². The number of rotatable bonds is 6. The van der Waals surface area contributed by atoms with Gasteiger partial charge in [-0.05, 0) is 44.4 Å². The standard InChI is InChI=1S/C24H28ClN7O5S/c1-14-11-32-21(27-22(14)30-12-16(13-30)37-24(26)34)10-19(28-32)20-5-3-4-8-31(20)23(33)17-9-15(25)6-7-18(17)29-38(2,35)36/h6-7,9-11,16,20,29H,3-5,8,12-13H2,1-2H3,(H2,26,34)/t20-/m0/s1. The minimum atomic E-state index is -3.60. The zero-order valence-corrected chi connectivity index (χ0v) is 22.5. The fraction of sp³-hybridized carbons (Fsp3) is 0.417. The molecule has 1 aromatic carbocycles. The number of hydrogen-bond donors (Lipinski definition) is 2. The first-order valence-electron chi connectivity index (χ1n) is 12.1. The van der Waals surface area contributed by atoms with E-state index in [1.165, 1.54) is 18.2 Å². The SMILES string of the molecule is Cc1cn2nc([C@@H]3CCCCN3C(=O)c3cc(Cl)ccc3NS(C)(=O)=O)cc2nc1N1CC(OC(N)=O)C1. The van der Waals surface area contributed by atoms with Crippen LogP contribution in [0.4, 0.5) is 16.3 Å². The van der Waals surface area contributed by atoms with E-state index in [1.54, 1.807) is 9.42 Å². The van der Waals surface area contributed by atoms with Gasteiger partial charge in [-0.25, -0.2) is 22.7 Å². The Morgan fingerprint density at radius 1 is 1.21 bits per heavy atom. The molecule has 2 aliphatic heterocycles. The van der Waals surface area contributed by atoms with E-state index in [0.717, 1.165) is 30.5 Å². The molecule has 5 rings (SSSR count). The van der Waals surface area contributed by atoms with Crippen molar-refractivity contribution in [1.29, 1.82) is 0 Å². The molecule has 2 aliphatic rings. The van der Waals surface area contributed by atoms with Crippen LogP contribution in [0.5, 0.6) is 0 Å². The van der Waals surface area contributed by atoms with Gasteiger partial charge in [0.15, 0.2) is 5.65 Å². The molecule has 0 radical (unpaired) electrons. The first-order chi connectivity index (χ1) is 18.0. The van der Waals surface area contributed by atoms with E-state index in [2.05, 4.69) is 4.72 Å². The lowest BCUT2D eigenvalue weighted by Gasteiger charge is -2.39. The summed E-state index contributed by atoms with van der Waals surface area (Å²) in [6.07, 6.45) is 4.29. The molecule has 0 bridgehead atoms. The molecule has 14 heteroatoms. The Morgan fingerprint density at radius 3 is 2.68 bits per heavy atom. The highest BCUT2D eigenvalue weighted by atomic mass is 35.5. The number of primary amides is 1. The molecule has 4 heterocycles. The zero-order valence-electron chi connectivity index (χ0n) is 20.9. The van der Waals surface area contributed by atoms with Gasteiger partial charge in [0.1, 0.15) is 11.9 Å². The predicted molar refractivity (Wildman–Crippen MR) is 142 cm³/mol. The van der Waals surface area contributed by atoms with Crippen LogP contribution in [-0.4, -0.2) is 71.9 Å². The molecule has 12 nitrogen and oxygen atoms in total. The van der Waals surface area contributed by atoms with Gasteiger partial charge in [0.25, 0.3) is 5.91 Å². The number of halogens is 1. The van der Waals surface area contributed by atoms with Gasteiger partial charge in [0.2, 0.25) is 10.0 Å². The summed E-state index contributed by atoms with van der Waals surface area (Å²) >= 11 is 6.18. The molecular weight excluding hydrogens is 534 g/mol. The van der Waals surface area contributed by atoms with E-state index in [1.807, 2.05) is 24.1 Å². The second-order valence-electron chi connectivity index (χ2n) is 9.66. The number of nitrogens with one attached hydrogen (secondary N) is 1. The molecule has 202 valence electrons. The molecule has 0 spiro atoms. The lowest BCUT2D eigenvalue weighted by molar-refractivity contribution is 0.0606. The van der Waals surface area contributed by atoms with Crippen molar-refractivity contribution in [2.24, 2.45) is 5.73 Å². The van der Waals surface area contributed by atoms with Gasteiger partial charge in [-0.2, -0.15) is 5.10 Å². The van der Waals surface area contributed by atoms with Crippen LogP contribution in [0, 0.1) is 6.92 Å². The second-order valence-corrected chi connectivity index (χ2v) is 11.8. The molecule has 3 aromatic rings. The van der Waals surface area contributed by atoms with E-state index in [4.69, 9.17) is 32.2 Å². The Labute approximate surface area is 224 Å². The van der Waals surface area contributed by atoms with Crippen molar-refractivity contribution in [2.45, 2.75) is 38.3 Å². The topological polar surface area (TPSA) is 152 Å². The van der Waals surface area contributed by atoms with Crippen LogP contribution in [0.25, 0.3) is 5.65 Å². The van der Waals surface area contributed by atoms with Gasteiger partial charge >= 0.3 is 6.09 Å². The number of likely N-dealkylation sites (tertiary alicyclic amines) is 1. The molecule has 0 aliphatic carbocycles. The Bertz CT molecular complexity index is 1520. The van der Waals surface area contributed by atoms with Crippen LogP contribution >= 0.6 is 11.6 Å². The fourth-order valence-electron chi connectivity index (χ4n) is 4.97. The smallest absolute Gasteiger partial charge is 0.404 e. The number of piperidine rings is 1. The van der Waals surface area contributed by atoms with Crippen LogP contribution in [-0.2, 0) is 14.8 Å². The molecule has 0 unspecified atom stereocenters. The molecule has 2 saturated heterocycles. The number of ether oxygens (including phenoxy) is 1. The highest BCUT2D eigenvalue weighted by molar-refractivity contribution is 7.92. The molecule has 2 aromatic heterocycles. The minimum Gasteiger partial charge on any atom is -0.443 e. The monoisotopic (exact) mass is 561 g/mol. The van der Waals surface area contributed by atoms with Crippen molar-refractivity contribution in [3.8, 4) is 0 Å². The van der Waals surface area contributed by atoms with Crippen molar-refractivity contribution >= 4 is 50.8 Å². The summed E-state index contributed by atoms with van der Waals surface area (Å²) in [7, 11) is -3.60. The van der Waals surface area contributed by atoms with E-state index in [-0.39, 0.29) is 29.3 Å². The maximum atomic E-state index is 13.7. The summed E-state index contributed by atoms with van der Waals surface area (Å²) in [6, 6.07) is 6.05. The molecule has 2 fully saturated rings. The normalized spacial score (nSPS) is 18.3. The second kappa shape index (κ2) is 9.95. The number of benzene rings is 1. The first-order valence-corrected chi connectivity index (χ1v) is 14.4. The number of fused-ring (bicyclic) bond motifs is 1. The van der Waals surface area contributed by atoms with Crippen LogP contribution in [0.15, 0.2) is 30.5 Å². The summed E-state index contributed by atoms with van der Waals surface area (Å²) in [4.78, 5) is 33.2. The van der Waals surface area contributed by atoms with Crippen LogP contribution < -0.4 is 15.4 Å². The Hall–Kier alpha value is -3.58. The van der Waals surface area contributed by atoms with Crippen molar-refractivity contribution in [2.75, 3.05) is 35.5 Å². The summed E-state index contributed by atoms with van der Waals surface area (Å²) < 4.78 is 32.9. The number of aromatic nitrogens is 3. The largest absolute Gasteiger partial charge is 0.443 e. The Balaban J connectivity index is 1.43. The maximum Gasteiger partial charge on any atom is 0.404 e. The zero-order chi connectivity index (χ0) is 27.2. The summed E-state index contributed by atoms with van der Waals surface area (Å²) in [5, 5.41) is 5.07. The van der Waals surface area contributed by atoms with Crippen molar-refractivity contribution in [3.63, 3.8) is 0 Å². The quantitative estimate of drug-likeness (QED) is 0.466. The highest BCUT2D eigenvalue weighted by Gasteiger charge is 2.34. The maximum absolute atomic E-state index is 13.7. The number of nitrogens with zero attached hydrogens (tertiary/aromatic N) is 5. The third-order valence-electron chi connectivity index (χ3n) is 6.67. The van der Waals surface area contributed by atoms with Crippen molar-refractivity contribution in [1.82, 2.24) is 19.5 Å². The molecular formula is C24H28ClN7O5S. The average molecular weight is 562 g/mol. The fourth-order valence-corrected chi connectivity index (χ4v) is 5.72. The average Bonchev–Trinajstić information content (AvgIpc) is 3.23. The third-order valence-corrected chi connectivity index (χ3v) is 7.49. The van der Waals surface area contributed by atoms with Gasteiger partial charge in [-0.15, -0.1) is 0 Å². The number of amides is 2. The first kappa shape index (κ1) is 26.0. The minimum absolute atomic E-state index is 0.177. The van der Waals surface area contributed by atoms with E-state index in [0.29, 0.717) is 42.4 Å². The molecule has 0 saturated carbocycles. The van der Waals surface area contributed by atoms with E-state index >= 15 is 0 Å². The lowest BCUT2D eigenvalue weighted by Crippen LogP contribution is -2.54. The third kappa shape index (κ3) is 5.34. The van der Waals surface area contributed by atoms with Crippen LogP contribution in [0.3, 0.4) is 0 Å². The van der Waals surface area contributed by atoms with Crippen LogP contribution in [0.1, 0.15) is 46.9 Å². The number of nitrogens with two attached hydrogens (primary N) is 1. The number of carbonyl (C=O) groups is 2. The summed E-state index contributed by atoms with van der Waals surface area (Å²) in [5.41, 5.74) is 7.68. The van der Waals surface area contributed by atoms with Crippen molar-refractivity contribution in [3.05, 3.63) is 52.3 Å². The molecule has 2 amide bonds. The number of sulfonamides is 1. The van der Waals surface area contributed by atoms with E-state index in [9.17, 15) is 18.0 Å². The Kier molecular flexibility index (Phi) is 6.82. The molecule has 3 N–H and O–H groups in total.